The fourth-order valence-electron chi connectivity index (χ4n) is 3.63. The Hall–Kier alpha value is -2.83. The molecule has 0 saturated carbocycles. The Kier molecular flexibility index (Phi) is 5.30. The van der Waals surface area contributed by atoms with E-state index in [1.54, 1.807) is 42.5 Å². The quantitative estimate of drug-likeness (QED) is 0.639. The van der Waals surface area contributed by atoms with Gasteiger partial charge in [0, 0.05) is 16.1 Å². The van der Waals surface area contributed by atoms with E-state index >= 15 is 0 Å². The van der Waals surface area contributed by atoms with Crippen LogP contribution in [0.1, 0.15) is 24.1 Å². The molecule has 30 heavy (non-hydrogen) atoms. The first-order valence-corrected chi connectivity index (χ1v) is 11.4. The highest BCUT2D eigenvalue weighted by Crippen LogP contribution is 2.43. The first kappa shape index (κ1) is 20.4. The minimum absolute atomic E-state index is 0.166. The number of carbonyl (C=O) groups is 1. The molecule has 1 aliphatic rings. The summed E-state index contributed by atoms with van der Waals surface area (Å²) in [7, 11) is -3.88. The lowest BCUT2D eigenvalue weighted by molar-refractivity contribution is -0.120. The third kappa shape index (κ3) is 3.68. The van der Waals surface area contributed by atoms with Gasteiger partial charge in [0.1, 0.15) is 6.54 Å². The van der Waals surface area contributed by atoms with Crippen LogP contribution in [-0.2, 0) is 14.8 Å². The molecule has 3 aromatic rings. The molecule has 0 saturated heterocycles. The maximum absolute atomic E-state index is 13.3. The summed E-state index contributed by atoms with van der Waals surface area (Å²) in [4.78, 5) is 13.0. The van der Waals surface area contributed by atoms with Crippen LogP contribution in [0.4, 0.5) is 5.69 Å². The molecule has 0 radical (unpaired) electrons. The molecule has 0 aliphatic carbocycles. The first-order chi connectivity index (χ1) is 14.3. The molecule has 154 valence electrons. The number of nitrogens with one attached hydrogen (secondary N) is 1. The number of aryl methyl sites for hydroxylation is 1. The van der Waals surface area contributed by atoms with E-state index in [1.165, 1.54) is 0 Å². The van der Waals surface area contributed by atoms with Gasteiger partial charge in [-0.2, -0.15) is 0 Å². The maximum Gasteiger partial charge on any atom is 0.265 e. The molecule has 0 unspecified atom stereocenters. The van der Waals surface area contributed by atoms with Gasteiger partial charge in [-0.1, -0.05) is 59.6 Å². The van der Waals surface area contributed by atoms with Gasteiger partial charge in [-0.15, -0.1) is 0 Å². The van der Waals surface area contributed by atoms with Crippen molar-refractivity contribution in [2.75, 3.05) is 10.8 Å². The smallest absolute Gasteiger partial charge is 0.265 e. The molecule has 1 amide bonds. The number of nitrogens with zero attached hydrogens (tertiary/aromatic N) is 1. The minimum Gasteiger partial charge on any atom is -0.348 e. The van der Waals surface area contributed by atoms with E-state index < -0.39 is 10.0 Å². The Bertz CT molecular complexity index is 1220. The number of hydrogen-bond acceptors (Lipinski definition) is 3. The average Bonchev–Trinajstić information content (AvgIpc) is 2.72. The van der Waals surface area contributed by atoms with Gasteiger partial charge in [-0.05, 0) is 43.7 Å². The van der Waals surface area contributed by atoms with Gasteiger partial charge in [0.25, 0.3) is 10.0 Å². The monoisotopic (exact) mass is 440 g/mol. The summed E-state index contributed by atoms with van der Waals surface area (Å²) < 4.78 is 27.7. The maximum atomic E-state index is 13.3. The Balaban J connectivity index is 1.65. The van der Waals surface area contributed by atoms with Crippen LogP contribution < -0.4 is 9.62 Å². The van der Waals surface area contributed by atoms with Crippen LogP contribution in [0.3, 0.4) is 0 Å². The van der Waals surface area contributed by atoms with E-state index in [0.717, 1.165) is 15.4 Å². The van der Waals surface area contributed by atoms with Crippen molar-refractivity contribution in [3.63, 3.8) is 0 Å². The number of hydrogen-bond donors (Lipinski definition) is 1. The highest BCUT2D eigenvalue weighted by atomic mass is 35.5. The number of sulfonamides is 1. The largest absolute Gasteiger partial charge is 0.348 e. The summed E-state index contributed by atoms with van der Waals surface area (Å²) in [5, 5.41) is 3.40. The van der Waals surface area contributed by atoms with Crippen LogP contribution in [0.5, 0.6) is 0 Å². The number of benzene rings is 3. The minimum atomic E-state index is -3.88. The molecule has 0 fully saturated rings. The van der Waals surface area contributed by atoms with E-state index in [4.69, 9.17) is 11.6 Å². The average molecular weight is 441 g/mol. The van der Waals surface area contributed by atoms with Crippen molar-refractivity contribution in [1.29, 1.82) is 0 Å². The molecule has 4 rings (SSSR count). The van der Waals surface area contributed by atoms with Gasteiger partial charge in [-0.3, -0.25) is 9.10 Å². The van der Waals surface area contributed by atoms with Crippen molar-refractivity contribution in [2.45, 2.75) is 24.8 Å². The third-order valence-electron chi connectivity index (χ3n) is 5.21. The molecule has 1 N–H and O–H groups in total. The summed E-state index contributed by atoms with van der Waals surface area (Å²) in [6.07, 6.45) is 0. The fraction of sp³-hybridized carbons (Fsp3) is 0.174. The van der Waals surface area contributed by atoms with Crippen LogP contribution in [-0.4, -0.2) is 20.9 Å². The molecule has 0 bridgehead atoms. The van der Waals surface area contributed by atoms with Gasteiger partial charge in [0.2, 0.25) is 5.91 Å². The van der Waals surface area contributed by atoms with Crippen LogP contribution in [0, 0.1) is 6.92 Å². The number of anilines is 1. The van der Waals surface area contributed by atoms with Crippen molar-refractivity contribution in [3.8, 4) is 11.1 Å². The van der Waals surface area contributed by atoms with E-state index in [1.807, 2.05) is 38.1 Å². The lowest BCUT2D eigenvalue weighted by Gasteiger charge is -2.32. The predicted octanol–water partition coefficient (Wildman–Crippen LogP) is 4.70. The molecule has 5 nitrogen and oxygen atoms in total. The van der Waals surface area contributed by atoms with E-state index in [2.05, 4.69) is 5.32 Å². The van der Waals surface area contributed by atoms with Gasteiger partial charge in [0.05, 0.1) is 16.6 Å². The zero-order valence-corrected chi connectivity index (χ0v) is 18.2. The Morgan fingerprint density at radius 3 is 2.47 bits per heavy atom. The fourth-order valence-corrected chi connectivity index (χ4v) is 5.45. The summed E-state index contributed by atoms with van der Waals surface area (Å²) >= 11 is 6.17. The first-order valence-electron chi connectivity index (χ1n) is 9.55. The van der Waals surface area contributed by atoms with Gasteiger partial charge < -0.3 is 5.32 Å². The second-order valence-corrected chi connectivity index (χ2v) is 9.64. The van der Waals surface area contributed by atoms with Crippen LogP contribution in [0.15, 0.2) is 71.6 Å². The molecule has 0 aromatic heterocycles. The van der Waals surface area contributed by atoms with Crippen LogP contribution in [0.2, 0.25) is 5.02 Å². The van der Waals surface area contributed by atoms with Crippen molar-refractivity contribution in [3.05, 3.63) is 82.9 Å². The summed E-state index contributed by atoms with van der Waals surface area (Å²) in [5.41, 5.74) is 3.79. The molecule has 1 heterocycles. The number of rotatable bonds is 4. The zero-order chi connectivity index (χ0) is 21.5. The van der Waals surface area contributed by atoms with E-state index in [9.17, 15) is 13.2 Å². The molecular formula is C23H21ClN2O3S. The van der Waals surface area contributed by atoms with E-state index in [0.29, 0.717) is 21.8 Å². The molecule has 3 aromatic carbocycles. The number of carbonyl (C=O) groups excluding carboxylic acids is 1. The molecule has 1 aliphatic heterocycles. The van der Waals surface area contributed by atoms with Crippen molar-refractivity contribution < 1.29 is 13.2 Å². The summed E-state index contributed by atoms with van der Waals surface area (Å²) in [6.45, 7) is 3.55. The Labute approximate surface area is 181 Å². The number of fused-ring (bicyclic) bond motifs is 3. The van der Waals surface area contributed by atoms with Gasteiger partial charge >= 0.3 is 0 Å². The standard InChI is InChI=1S/C23H21ClN2O3S/c1-15-7-9-17(10-8-15)16(2)25-23(27)14-26-21-12-11-18(24)13-20(21)19-5-3-4-6-22(19)30(26,28)29/h3-13,16H,14H2,1-2H3,(H,25,27)/t16-/m0/s1. The van der Waals surface area contributed by atoms with Crippen LogP contribution >= 0.6 is 11.6 Å². The van der Waals surface area contributed by atoms with Crippen molar-refractivity contribution >= 4 is 33.2 Å². The van der Waals surface area contributed by atoms with Crippen LogP contribution in [0.25, 0.3) is 11.1 Å². The Morgan fingerprint density at radius 1 is 1.03 bits per heavy atom. The van der Waals surface area contributed by atoms with Gasteiger partial charge in [0.15, 0.2) is 0 Å². The van der Waals surface area contributed by atoms with E-state index in [-0.39, 0.29) is 23.4 Å². The molecule has 0 spiro atoms. The highest BCUT2D eigenvalue weighted by molar-refractivity contribution is 7.93. The highest BCUT2D eigenvalue weighted by Gasteiger charge is 2.36. The Morgan fingerprint density at radius 2 is 1.73 bits per heavy atom. The predicted molar refractivity (Wildman–Crippen MR) is 119 cm³/mol. The van der Waals surface area contributed by atoms with Gasteiger partial charge in [-0.25, -0.2) is 8.42 Å². The molecule has 7 heteroatoms. The number of halogens is 1. The third-order valence-corrected chi connectivity index (χ3v) is 7.27. The second kappa shape index (κ2) is 7.78. The lowest BCUT2D eigenvalue weighted by atomic mass is 10.0. The lowest BCUT2D eigenvalue weighted by Crippen LogP contribution is -2.43. The summed E-state index contributed by atoms with van der Waals surface area (Å²) in [5.74, 6) is -0.382. The number of amides is 1. The topological polar surface area (TPSA) is 66.5 Å². The molecule has 1 atom stereocenters. The zero-order valence-electron chi connectivity index (χ0n) is 16.6. The normalized spacial score (nSPS) is 15.1. The summed E-state index contributed by atoms with van der Waals surface area (Å²) in [6, 6.07) is 19.4. The SMILES string of the molecule is Cc1ccc([C@H](C)NC(=O)CN2c3ccc(Cl)cc3-c3ccccc3S2(=O)=O)cc1. The van der Waals surface area contributed by atoms with Crippen molar-refractivity contribution in [1.82, 2.24) is 5.32 Å². The molecular weight excluding hydrogens is 420 g/mol. The van der Waals surface area contributed by atoms with Crippen molar-refractivity contribution in [2.24, 2.45) is 0 Å². The second-order valence-electron chi connectivity index (χ2n) is 7.37.